The lowest BCUT2D eigenvalue weighted by Gasteiger charge is -2.34. The number of benzene rings is 2. The Kier molecular flexibility index (Phi) is 7.94. The Balaban J connectivity index is 1.64. The molecule has 1 N–H and O–H groups in total. The van der Waals surface area contributed by atoms with Crippen molar-refractivity contribution in [3.05, 3.63) is 65.5 Å². The van der Waals surface area contributed by atoms with Gasteiger partial charge in [0.2, 0.25) is 0 Å². The maximum absolute atomic E-state index is 13.6. The predicted molar refractivity (Wildman–Crippen MR) is 146 cm³/mol. The minimum atomic E-state index is -0.550. The van der Waals surface area contributed by atoms with Crippen LogP contribution in [-0.4, -0.2) is 59.6 Å². The normalized spacial score (nSPS) is 14.2. The summed E-state index contributed by atoms with van der Waals surface area (Å²) in [7, 11) is 3.13. The average molecular weight is 521 g/mol. The number of piperidine rings is 1. The summed E-state index contributed by atoms with van der Waals surface area (Å²) >= 11 is 0. The van der Waals surface area contributed by atoms with E-state index in [-0.39, 0.29) is 17.9 Å². The molecular weight excluding hydrogens is 484 g/mol. The number of likely N-dealkylation sites (tertiary alicyclic amines) is 1. The van der Waals surface area contributed by atoms with Crippen LogP contribution in [0.15, 0.2) is 48.7 Å². The van der Waals surface area contributed by atoms with E-state index in [2.05, 4.69) is 10.4 Å². The van der Waals surface area contributed by atoms with Gasteiger partial charge in [0.25, 0.3) is 5.91 Å². The number of rotatable bonds is 6. The highest BCUT2D eigenvalue weighted by atomic mass is 16.6. The van der Waals surface area contributed by atoms with Crippen LogP contribution in [0.3, 0.4) is 0 Å². The van der Waals surface area contributed by atoms with Gasteiger partial charge in [0.1, 0.15) is 17.1 Å². The maximum Gasteiger partial charge on any atom is 0.410 e. The van der Waals surface area contributed by atoms with Crippen molar-refractivity contribution in [3.8, 4) is 17.2 Å². The molecule has 1 saturated heterocycles. The van der Waals surface area contributed by atoms with Crippen molar-refractivity contribution in [1.29, 1.82) is 0 Å². The van der Waals surface area contributed by atoms with Crippen LogP contribution in [0.5, 0.6) is 11.5 Å². The number of anilines is 1. The van der Waals surface area contributed by atoms with Gasteiger partial charge < -0.3 is 24.4 Å². The highest BCUT2D eigenvalue weighted by Gasteiger charge is 2.32. The zero-order valence-corrected chi connectivity index (χ0v) is 22.9. The molecule has 0 unspecified atom stereocenters. The first-order valence-electron chi connectivity index (χ1n) is 12.7. The molecule has 1 aliphatic rings. The van der Waals surface area contributed by atoms with Crippen molar-refractivity contribution in [2.45, 2.75) is 52.1 Å². The topological polar surface area (TPSA) is 94.9 Å². The van der Waals surface area contributed by atoms with Crippen molar-refractivity contribution in [2.24, 2.45) is 0 Å². The summed E-state index contributed by atoms with van der Waals surface area (Å²) in [5, 5.41) is 7.62. The second-order valence-corrected chi connectivity index (χ2v) is 10.5. The van der Waals surface area contributed by atoms with Gasteiger partial charge in [-0.3, -0.25) is 4.79 Å². The fourth-order valence-corrected chi connectivity index (χ4v) is 4.63. The molecule has 1 aromatic heterocycles. The minimum Gasteiger partial charge on any atom is -0.497 e. The predicted octanol–water partition coefficient (Wildman–Crippen LogP) is 5.56. The Morgan fingerprint density at radius 2 is 1.66 bits per heavy atom. The summed E-state index contributed by atoms with van der Waals surface area (Å²) in [5.74, 6) is 0.899. The molecule has 0 aliphatic carbocycles. The molecule has 4 rings (SSSR count). The molecule has 1 fully saturated rings. The quantitative estimate of drug-likeness (QED) is 0.457. The van der Waals surface area contributed by atoms with Gasteiger partial charge >= 0.3 is 6.09 Å². The standard InChI is InChI=1S/C29H36N4O5/c1-19-8-7-9-22(14-19)33-26(20-10-12-32(13-11-20)28(35)38-29(2,3)4)25(18-30-33)27(34)31-21-15-23(36-5)17-24(16-21)37-6/h7-9,14-18,20H,10-13H2,1-6H3,(H,31,34). The number of hydrogen-bond donors (Lipinski definition) is 1. The van der Waals surface area contributed by atoms with Crippen LogP contribution in [0.2, 0.25) is 0 Å². The summed E-state index contributed by atoms with van der Waals surface area (Å²) in [6.07, 6.45) is 2.67. The first-order chi connectivity index (χ1) is 18.1. The summed E-state index contributed by atoms with van der Waals surface area (Å²) in [4.78, 5) is 27.9. The van der Waals surface area contributed by atoms with Crippen molar-refractivity contribution < 1.29 is 23.8 Å². The molecule has 1 aliphatic heterocycles. The van der Waals surface area contributed by atoms with Gasteiger partial charge in [0.15, 0.2) is 0 Å². The number of nitrogens with zero attached hydrogens (tertiary/aromatic N) is 3. The van der Waals surface area contributed by atoms with Gasteiger partial charge in [-0.15, -0.1) is 0 Å². The van der Waals surface area contributed by atoms with Gasteiger partial charge in [-0.2, -0.15) is 5.10 Å². The maximum atomic E-state index is 13.6. The number of methoxy groups -OCH3 is 2. The molecule has 38 heavy (non-hydrogen) atoms. The lowest BCUT2D eigenvalue weighted by molar-refractivity contribution is 0.0203. The number of nitrogens with one attached hydrogen (secondary N) is 1. The van der Waals surface area contributed by atoms with Crippen molar-refractivity contribution >= 4 is 17.7 Å². The fourth-order valence-electron chi connectivity index (χ4n) is 4.63. The smallest absolute Gasteiger partial charge is 0.410 e. The molecule has 202 valence electrons. The summed E-state index contributed by atoms with van der Waals surface area (Å²) < 4.78 is 18.1. The molecule has 0 atom stereocenters. The Labute approximate surface area is 223 Å². The third-order valence-corrected chi connectivity index (χ3v) is 6.44. The largest absolute Gasteiger partial charge is 0.497 e. The van der Waals surface area contributed by atoms with E-state index in [1.54, 1.807) is 43.5 Å². The van der Waals surface area contributed by atoms with Crippen LogP contribution in [0.4, 0.5) is 10.5 Å². The Hall–Kier alpha value is -4.01. The number of hydrogen-bond acceptors (Lipinski definition) is 6. The van der Waals surface area contributed by atoms with Gasteiger partial charge in [-0.05, 0) is 58.2 Å². The first-order valence-corrected chi connectivity index (χ1v) is 12.7. The van der Waals surface area contributed by atoms with Gasteiger partial charge in [-0.25, -0.2) is 9.48 Å². The van der Waals surface area contributed by atoms with E-state index in [1.165, 1.54) is 0 Å². The third kappa shape index (κ3) is 6.27. The van der Waals surface area contributed by atoms with E-state index in [9.17, 15) is 9.59 Å². The zero-order chi connectivity index (χ0) is 27.4. The zero-order valence-electron chi connectivity index (χ0n) is 22.9. The lowest BCUT2D eigenvalue weighted by atomic mass is 9.90. The lowest BCUT2D eigenvalue weighted by Crippen LogP contribution is -2.41. The van der Waals surface area contributed by atoms with Crippen molar-refractivity contribution in [3.63, 3.8) is 0 Å². The van der Waals surface area contributed by atoms with E-state index in [4.69, 9.17) is 14.2 Å². The van der Waals surface area contributed by atoms with Crippen LogP contribution in [0, 0.1) is 6.92 Å². The van der Waals surface area contributed by atoms with E-state index in [0.29, 0.717) is 48.7 Å². The number of carbonyl (C=O) groups is 2. The van der Waals surface area contributed by atoms with E-state index < -0.39 is 5.60 Å². The van der Waals surface area contributed by atoms with Crippen LogP contribution < -0.4 is 14.8 Å². The SMILES string of the molecule is COc1cc(NC(=O)c2cnn(-c3cccc(C)c3)c2C2CCN(C(=O)OC(C)(C)C)CC2)cc(OC)c1. The average Bonchev–Trinajstić information content (AvgIpc) is 3.33. The fraction of sp³-hybridized carbons (Fsp3) is 0.414. The van der Waals surface area contributed by atoms with Crippen molar-refractivity contribution in [1.82, 2.24) is 14.7 Å². The number of carbonyl (C=O) groups excluding carboxylic acids is 2. The number of aromatic nitrogens is 2. The van der Waals surface area contributed by atoms with Crippen LogP contribution in [0.25, 0.3) is 5.69 Å². The van der Waals surface area contributed by atoms with E-state index >= 15 is 0 Å². The summed E-state index contributed by atoms with van der Waals surface area (Å²) in [6, 6.07) is 13.2. The molecule has 9 heteroatoms. The molecule has 0 radical (unpaired) electrons. The van der Waals surface area contributed by atoms with Gasteiger partial charge in [0.05, 0.1) is 37.4 Å². The van der Waals surface area contributed by atoms with Crippen LogP contribution >= 0.6 is 0 Å². The molecule has 3 aromatic rings. The Morgan fingerprint density at radius 1 is 1.00 bits per heavy atom. The third-order valence-electron chi connectivity index (χ3n) is 6.44. The molecule has 0 spiro atoms. The molecular formula is C29H36N4O5. The number of ether oxygens (including phenoxy) is 3. The molecule has 9 nitrogen and oxygen atoms in total. The van der Waals surface area contributed by atoms with Gasteiger partial charge in [-0.1, -0.05) is 12.1 Å². The molecule has 2 aromatic carbocycles. The van der Waals surface area contributed by atoms with E-state index in [1.807, 2.05) is 56.6 Å². The van der Waals surface area contributed by atoms with Gasteiger partial charge in [0, 0.05) is 42.9 Å². The highest BCUT2D eigenvalue weighted by molar-refractivity contribution is 6.05. The van der Waals surface area contributed by atoms with Crippen LogP contribution in [0.1, 0.15) is 61.1 Å². The molecule has 0 saturated carbocycles. The number of amides is 2. The molecule has 0 bridgehead atoms. The Morgan fingerprint density at radius 3 is 2.24 bits per heavy atom. The molecule has 2 amide bonds. The monoisotopic (exact) mass is 520 g/mol. The van der Waals surface area contributed by atoms with Crippen LogP contribution in [-0.2, 0) is 4.74 Å². The van der Waals surface area contributed by atoms with E-state index in [0.717, 1.165) is 16.9 Å². The molecule has 2 heterocycles. The minimum absolute atomic E-state index is 0.0253. The second kappa shape index (κ2) is 11.2. The first kappa shape index (κ1) is 27.0. The second-order valence-electron chi connectivity index (χ2n) is 10.5. The summed E-state index contributed by atoms with van der Waals surface area (Å²) in [5.41, 5.74) is 3.30. The Bertz CT molecular complexity index is 1280. The summed E-state index contributed by atoms with van der Waals surface area (Å²) in [6.45, 7) is 8.68. The van der Waals surface area contributed by atoms with Crippen molar-refractivity contribution in [2.75, 3.05) is 32.6 Å². The highest BCUT2D eigenvalue weighted by Crippen LogP contribution is 2.34. The number of aryl methyl sites for hydroxylation is 1.